The van der Waals surface area contributed by atoms with E-state index in [1.54, 1.807) is 6.20 Å². The van der Waals surface area contributed by atoms with Crippen LogP contribution in [-0.2, 0) is 0 Å². The molecule has 0 spiro atoms. The number of H-pyrrole nitrogens is 1. The Balaban J connectivity index is 1.81. The largest absolute Gasteiger partial charge is 0.465 e. The predicted octanol–water partition coefficient (Wildman–Crippen LogP) is 3.16. The van der Waals surface area contributed by atoms with Gasteiger partial charge < -0.3 is 15.4 Å². The molecule has 2 aromatic heterocycles. The van der Waals surface area contributed by atoms with Crippen molar-refractivity contribution in [2.45, 2.75) is 31.7 Å². The first-order chi connectivity index (χ1) is 9.74. The average molecular weight is 271 g/mol. The van der Waals surface area contributed by atoms with E-state index in [9.17, 15) is 4.79 Å². The van der Waals surface area contributed by atoms with Crippen LogP contribution in [0.5, 0.6) is 0 Å². The highest BCUT2D eigenvalue weighted by atomic mass is 16.4. The molecule has 1 unspecified atom stereocenters. The molecule has 3 N–H and O–H groups in total. The molecule has 0 saturated heterocycles. The Bertz CT molecular complexity index is 660. The Labute approximate surface area is 116 Å². The van der Waals surface area contributed by atoms with Gasteiger partial charge in [0.25, 0.3) is 0 Å². The van der Waals surface area contributed by atoms with Gasteiger partial charge in [-0.25, -0.2) is 4.79 Å². The molecule has 5 heteroatoms. The number of pyridine rings is 1. The van der Waals surface area contributed by atoms with Crippen molar-refractivity contribution >= 4 is 22.7 Å². The second kappa shape index (κ2) is 5.36. The van der Waals surface area contributed by atoms with E-state index in [0.717, 1.165) is 42.3 Å². The van der Waals surface area contributed by atoms with Crippen molar-refractivity contribution in [1.29, 1.82) is 0 Å². The summed E-state index contributed by atoms with van der Waals surface area (Å²) in [7, 11) is 0. The third-order valence-corrected chi connectivity index (χ3v) is 3.78. The molecule has 0 radical (unpaired) electrons. The number of aromatic amines is 1. The smallest absolute Gasteiger partial charge is 0.404 e. The molecule has 5 nitrogen and oxygen atoms in total. The molecule has 1 aliphatic rings. The van der Waals surface area contributed by atoms with E-state index in [-0.39, 0.29) is 6.04 Å². The number of hydrogen-bond acceptors (Lipinski definition) is 2. The van der Waals surface area contributed by atoms with Crippen molar-refractivity contribution < 1.29 is 9.90 Å². The Morgan fingerprint density at radius 3 is 3.20 bits per heavy atom. The quantitative estimate of drug-likeness (QED) is 0.785. The standard InChI is InChI=1S/C15H17N3O2/c19-15(20)18-11-4-1-3-10(6-7-11)12-9-17-13-5-2-8-16-14(12)13/h2-3,5,8-9,11,17-18H,1,4,6-7H2,(H,19,20). The van der Waals surface area contributed by atoms with Crippen molar-refractivity contribution in [2.75, 3.05) is 0 Å². The molecule has 0 bridgehead atoms. The van der Waals surface area contributed by atoms with E-state index in [2.05, 4.69) is 21.4 Å². The molecular formula is C15H17N3O2. The van der Waals surface area contributed by atoms with Crippen molar-refractivity contribution in [3.8, 4) is 0 Å². The lowest BCUT2D eigenvalue weighted by Crippen LogP contribution is -2.33. The maximum absolute atomic E-state index is 10.7. The first kappa shape index (κ1) is 12.7. The summed E-state index contributed by atoms with van der Waals surface area (Å²) in [5, 5.41) is 11.4. The van der Waals surface area contributed by atoms with Crippen LogP contribution >= 0.6 is 0 Å². The number of allylic oxidation sites excluding steroid dienone is 2. The van der Waals surface area contributed by atoms with Gasteiger partial charge in [-0.3, -0.25) is 4.98 Å². The minimum atomic E-state index is -0.938. The van der Waals surface area contributed by atoms with Crippen LogP contribution in [0.2, 0.25) is 0 Å². The van der Waals surface area contributed by atoms with Crippen molar-refractivity contribution in [2.24, 2.45) is 0 Å². The van der Waals surface area contributed by atoms with E-state index in [1.807, 2.05) is 18.3 Å². The van der Waals surface area contributed by atoms with Gasteiger partial charge in [0.05, 0.1) is 11.0 Å². The summed E-state index contributed by atoms with van der Waals surface area (Å²) in [6.45, 7) is 0. The van der Waals surface area contributed by atoms with Crippen molar-refractivity contribution in [3.63, 3.8) is 0 Å². The zero-order valence-corrected chi connectivity index (χ0v) is 11.1. The van der Waals surface area contributed by atoms with E-state index < -0.39 is 6.09 Å². The predicted molar refractivity (Wildman–Crippen MR) is 77.5 cm³/mol. The van der Waals surface area contributed by atoms with Crippen LogP contribution in [0.15, 0.2) is 30.6 Å². The molecule has 3 rings (SSSR count). The molecule has 1 amide bonds. The minimum Gasteiger partial charge on any atom is -0.465 e. The van der Waals surface area contributed by atoms with Crippen LogP contribution in [-0.4, -0.2) is 27.2 Å². The number of fused-ring (bicyclic) bond motifs is 1. The number of aromatic nitrogens is 2. The van der Waals surface area contributed by atoms with Crippen LogP contribution in [0.25, 0.3) is 16.6 Å². The molecule has 20 heavy (non-hydrogen) atoms. The maximum Gasteiger partial charge on any atom is 0.404 e. The molecule has 0 aromatic carbocycles. The molecule has 2 aromatic rings. The highest BCUT2D eigenvalue weighted by Crippen LogP contribution is 2.30. The third-order valence-electron chi connectivity index (χ3n) is 3.78. The molecule has 1 atom stereocenters. The second-order valence-corrected chi connectivity index (χ2v) is 5.09. The van der Waals surface area contributed by atoms with E-state index in [0.29, 0.717) is 0 Å². The van der Waals surface area contributed by atoms with Crippen molar-refractivity contribution in [3.05, 3.63) is 36.2 Å². The molecule has 0 saturated carbocycles. The summed E-state index contributed by atoms with van der Waals surface area (Å²) < 4.78 is 0. The Morgan fingerprint density at radius 1 is 1.45 bits per heavy atom. The van der Waals surface area contributed by atoms with Crippen molar-refractivity contribution in [1.82, 2.24) is 15.3 Å². The van der Waals surface area contributed by atoms with E-state index in [4.69, 9.17) is 5.11 Å². The summed E-state index contributed by atoms with van der Waals surface area (Å²) in [6.07, 6.45) is 8.51. The first-order valence-electron chi connectivity index (χ1n) is 6.85. The van der Waals surface area contributed by atoms with Gasteiger partial charge in [0.15, 0.2) is 0 Å². The fourth-order valence-electron chi connectivity index (χ4n) is 2.80. The SMILES string of the molecule is O=C(O)NC1CCC=C(c2c[nH]c3cccnc23)CC1. The highest BCUT2D eigenvalue weighted by Gasteiger charge is 2.17. The summed E-state index contributed by atoms with van der Waals surface area (Å²) in [5.41, 5.74) is 4.41. The fourth-order valence-corrected chi connectivity index (χ4v) is 2.80. The Morgan fingerprint density at radius 2 is 2.35 bits per heavy atom. The summed E-state index contributed by atoms with van der Waals surface area (Å²) in [5.74, 6) is 0. The third kappa shape index (κ3) is 2.52. The number of rotatable bonds is 2. The summed E-state index contributed by atoms with van der Waals surface area (Å²) >= 11 is 0. The van der Waals surface area contributed by atoms with Gasteiger partial charge in [-0.05, 0) is 43.4 Å². The fraction of sp³-hybridized carbons (Fsp3) is 0.333. The lowest BCUT2D eigenvalue weighted by Gasteiger charge is -2.13. The van der Waals surface area contributed by atoms with Crippen LogP contribution in [0.3, 0.4) is 0 Å². The topological polar surface area (TPSA) is 78.0 Å². The van der Waals surface area contributed by atoms with Crippen LogP contribution in [0.4, 0.5) is 4.79 Å². The van der Waals surface area contributed by atoms with Gasteiger partial charge in [-0.15, -0.1) is 0 Å². The Kier molecular flexibility index (Phi) is 3.41. The lowest BCUT2D eigenvalue weighted by molar-refractivity contribution is 0.188. The number of nitrogens with one attached hydrogen (secondary N) is 2. The van der Waals surface area contributed by atoms with Crippen LogP contribution in [0, 0.1) is 0 Å². The first-order valence-corrected chi connectivity index (χ1v) is 6.85. The highest BCUT2D eigenvalue weighted by molar-refractivity contribution is 5.89. The number of hydrogen-bond donors (Lipinski definition) is 3. The zero-order valence-electron chi connectivity index (χ0n) is 11.1. The minimum absolute atomic E-state index is 0.0411. The molecule has 0 fully saturated rings. The van der Waals surface area contributed by atoms with Gasteiger partial charge in [0, 0.05) is 24.0 Å². The van der Waals surface area contributed by atoms with Gasteiger partial charge >= 0.3 is 6.09 Å². The van der Waals surface area contributed by atoms with Gasteiger partial charge in [-0.2, -0.15) is 0 Å². The number of amides is 1. The normalized spacial score (nSPS) is 19.4. The van der Waals surface area contributed by atoms with Crippen LogP contribution in [0.1, 0.15) is 31.2 Å². The lowest BCUT2D eigenvalue weighted by atomic mass is 10.0. The monoisotopic (exact) mass is 271 g/mol. The molecular weight excluding hydrogens is 254 g/mol. The number of carbonyl (C=O) groups is 1. The second-order valence-electron chi connectivity index (χ2n) is 5.09. The summed E-state index contributed by atoms with van der Waals surface area (Å²) in [4.78, 5) is 18.4. The molecule has 0 aliphatic heterocycles. The maximum atomic E-state index is 10.7. The molecule has 104 valence electrons. The van der Waals surface area contributed by atoms with E-state index in [1.165, 1.54) is 5.57 Å². The van der Waals surface area contributed by atoms with Crippen LogP contribution < -0.4 is 5.32 Å². The van der Waals surface area contributed by atoms with Gasteiger partial charge in [0.1, 0.15) is 0 Å². The molecule has 2 heterocycles. The average Bonchev–Trinajstić information content (AvgIpc) is 2.73. The van der Waals surface area contributed by atoms with E-state index >= 15 is 0 Å². The number of nitrogens with zero attached hydrogens (tertiary/aromatic N) is 1. The summed E-state index contributed by atoms with van der Waals surface area (Å²) in [6, 6.07) is 3.97. The molecule has 1 aliphatic carbocycles. The number of carboxylic acid groups (broad SMARTS) is 1. The van der Waals surface area contributed by atoms with Gasteiger partial charge in [-0.1, -0.05) is 6.08 Å². The van der Waals surface area contributed by atoms with Gasteiger partial charge in [0.2, 0.25) is 0 Å². The zero-order chi connectivity index (χ0) is 13.9. The Hall–Kier alpha value is -2.30.